The van der Waals surface area contributed by atoms with Gasteiger partial charge in [-0.1, -0.05) is 13.0 Å². The molecule has 0 aliphatic rings. The first-order valence-electron chi connectivity index (χ1n) is 6.82. The smallest absolute Gasteiger partial charge is 0.310 e. The van der Waals surface area contributed by atoms with Crippen LogP contribution >= 0.6 is 0 Å². The zero-order chi connectivity index (χ0) is 15.8. The van der Waals surface area contributed by atoms with Crippen LogP contribution in [0.2, 0.25) is 0 Å². The van der Waals surface area contributed by atoms with Crippen LogP contribution in [0.3, 0.4) is 0 Å². The molecule has 0 bridgehead atoms. The lowest BCUT2D eigenvalue weighted by Gasteiger charge is -2.12. The Morgan fingerprint density at radius 3 is 2.76 bits per heavy atom. The van der Waals surface area contributed by atoms with Gasteiger partial charge in [0.2, 0.25) is 0 Å². The van der Waals surface area contributed by atoms with Gasteiger partial charge in [0.15, 0.2) is 12.4 Å². The molecule has 21 heavy (non-hydrogen) atoms. The Hall–Kier alpha value is -2.15. The molecular formula is C14H21N3O4. The third kappa shape index (κ3) is 5.39. The summed E-state index contributed by atoms with van der Waals surface area (Å²) < 4.78 is 5.31. The average Bonchev–Trinajstić information content (AvgIpc) is 2.45. The van der Waals surface area contributed by atoms with E-state index in [9.17, 15) is 14.9 Å². The molecule has 1 atom stereocenters. The maximum atomic E-state index is 11.7. The van der Waals surface area contributed by atoms with E-state index in [2.05, 4.69) is 10.6 Å². The summed E-state index contributed by atoms with van der Waals surface area (Å²) in [6.45, 7) is 4.16. The lowest BCUT2D eigenvalue weighted by molar-refractivity contribution is -0.385. The molecule has 7 nitrogen and oxygen atoms in total. The highest BCUT2D eigenvalue weighted by atomic mass is 16.6. The summed E-state index contributed by atoms with van der Waals surface area (Å²) in [4.78, 5) is 22.1. The maximum absolute atomic E-state index is 11.7. The quantitative estimate of drug-likeness (QED) is 0.561. The van der Waals surface area contributed by atoms with E-state index in [1.165, 1.54) is 6.07 Å². The van der Waals surface area contributed by atoms with Crippen LogP contribution in [0, 0.1) is 10.1 Å². The molecule has 0 saturated carbocycles. The zero-order valence-corrected chi connectivity index (χ0v) is 12.5. The number of ether oxygens (including phenoxy) is 1. The largest absolute Gasteiger partial charge is 0.477 e. The maximum Gasteiger partial charge on any atom is 0.310 e. The predicted molar refractivity (Wildman–Crippen MR) is 79.3 cm³/mol. The number of benzene rings is 1. The molecule has 0 radical (unpaired) electrons. The Kier molecular flexibility index (Phi) is 6.61. The van der Waals surface area contributed by atoms with Crippen LogP contribution in [0.15, 0.2) is 18.2 Å². The molecule has 0 fully saturated rings. The number of rotatable bonds is 8. The van der Waals surface area contributed by atoms with Crippen molar-refractivity contribution in [3.63, 3.8) is 0 Å². The van der Waals surface area contributed by atoms with Crippen molar-refractivity contribution in [3.8, 4) is 5.75 Å². The van der Waals surface area contributed by atoms with Gasteiger partial charge in [0.1, 0.15) is 0 Å². The number of amides is 1. The third-order valence-electron chi connectivity index (χ3n) is 2.98. The Morgan fingerprint density at radius 2 is 2.19 bits per heavy atom. The molecule has 1 aromatic carbocycles. The van der Waals surface area contributed by atoms with Crippen molar-refractivity contribution >= 4 is 11.6 Å². The molecule has 2 N–H and O–H groups in total. The van der Waals surface area contributed by atoms with Crippen molar-refractivity contribution in [1.82, 2.24) is 10.6 Å². The second-order valence-corrected chi connectivity index (χ2v) is 4.76. The van der Waals surface area contributed by atoms with Crippen LogP contribution in [0.25, 0.3) is 0 Å². The van der Waals surface area contributed by atoms with Crippen molar-refractivity contribution in [2.24, 2.45) is 0 Å². The normalized spacial score (nSPS) is 11.8. The molecule has 0 aromatic heterocycles. The fourth-order valence-corrected chi connectivity index (χ4v) is 1.70. The number of nitrogens with zero attached hydrogens (tertiary/aromatic N) is 1. The van der Waals surface area contributed by atoms with Crippen LogP contribution in [-0.2, 0) is 11.3 Å². The van der Waals surface area contributed by atoms with E-state index >= 15 is 0 Å². The monoisotopic (exact) mass is 295 g/mol. The predicted octanol–water partition coefficient (Wildman–Crippen LogP) is 1.61. The van der Waals surface area contributed by atoms with Crippen LogP contribution in [-0.4, -0.2) is 30.5 Å². The van der Waals surface area contributed by atoms with Crippen molar-refractivity contribution in [3.05, 3.63) is 33.9 Å². The van der Waals surface area contributed by atoms with Gasteiger partial charge in [0.05, 0.1) is 4.92 Å². The molecular weight excluding hydrogens is 274 g/mol. The molecule has 0 saturated heterocycles. The number of hydrogen-bond acceptors (Lipinski definition) is 5. The zero-order valence-electron chi connectivity index (χ0n) is 12.5. The number of carbonyl (C=O) groups is 1. The van der Waals surface area contributed by atoms with E-state index in [1.807, 2.05) is 13.8 Å². The van der Waals surface area contributed by atoms with Crippen molar-refractivity contribution in [1.29, 1.82) is 0 Å². The van der Waals surface area contributed by atoms with E-state index in [0.717, 1.165) is 12.0 Å². The van der Waals surface area contributed by atoms with Crippen molar-refractivity contribution in [2.75, 3.05) is 13.7 Å². The molecule has 0 aliphatic carbocycles. The second kappa shape index (κ2) is 8.21. The summed E-state index contributed by atoms with van der Waals surface area (Å²) in [6.07, 6.45) is 0.809. The molecule has 1 amide bonds. The van der Waals surface area contributed by atoms with Gasteiger partial charge in [-0.25, -0.2) is 0 Å². The molecule has 0 spiro atoms. The van der Waals surface area contributed by atoms with Crippen molar-refractivity contribution < 1.29 is 14.5 Å². The molecule has 0 aliphatic heterocycles. The first-order valence-corrected chi connectivity index (χ1v) is 6.82. The van der Waals surface area contributed by atoms with Gasteiger partial charge in [-0.3, -0.25) is 14.9 Å². The highest BCUT2D eigenvalue weighted by Crippen LogP contribution is 2.27. The van der Waals surface area contributed by atoms with Gasteiger partial charge in [0, 0.05) is 18.7 Å². The fraction of sp³-hybridized carbons (Fsp3) is 0.500. The number of carbonyl (C=O) groups excluding carboxylic acids is 1. The van der Waals surface area contributed by atoms with Crippen LogP contribution in [0.4, 0.5) is 5.69 Å². The Morgan fingerprint density at radius 1 is 1.48 bits per heavy atom. The van der Waals surface area contributed by atoms with Gasteiger partial charge < -0.3 is 15.4 Å². The summed E-state index contributed by atoms with van der Waals surface area (Å²) in [5.41, 5.74) is 0.701. The molecule has 7 heteroatoms. The minimum Gasteiger partial charge on any atom is -0.477 e. The summed E-state index contributed by atoms with van der Waals surface area (Å²) in [7, 11) is 1.78. The van der Waals surface area contributed by atoms with E-state index in [-0.39, 0.29) is 30.0 Å². The number of nitrogens with one attached hydrogen (secondary N) is 2. The molecule has 1 unspecified atom stereocenters. The molecule has 1 aromatic rings. The summed E-state index contributed by atoms with van der Waals surface area (Å²) >= 11 is 0. The van der Waals surface area contributed by atoms with Gasteiger partial charge in [-0.05, 0) is 32.0 Å². The highest BCUT2D eigenvalue weighted by molar-refractivity contribution is 5.78. The number of nitro benzene ring substituents is 1. The number of hydrogen-bond donors (Lipinski definition) is 2. The number of nitro groups is 1. The van der Waals surface area contributed by atoms with Crippen molar-refractivity contribution in [2.45, 2.75) is 32.9 Å². The third-order valence-corrected chi connectivity index (χ3v) is 2.98. The van der Waals surface area contributed by atoms with Crippen LogP contribution in [0.5, 0.6) is 5.75 Å². The summed E-state index contributed by atoms with van der Waals surface area (Å²) in [5.74, 6) is -0.190. The summed E-state index contributed by atoms with van der Waals surface area (Å²) in [5, 5.41) is 16.7. The molecule has 0 heterocycles. The van der Waals surface area contributed by atoms with Gasteiger partial charge in [0.25, 0.3) is 5.91 Å². The van der Waals surface area contributed by atoms with E-state index in [1.54, 1.807) is 19.2 Å². The van der Waals surface area contributed by atoms with Crippen LogP contribution < -0.4 is 15.4 Å². The lowest BCUT2D eigenvalue weighted by atomic mass is 10.2. The average molecular weight is 295 g/mol. The topological polar surface area (TPSA) is 93.5 Å². The SMILES string of the molecule is CCC(C)NC(=O)COc1cc(CNC)ccc1[N+](=O)[O-]. The lowest BCUT2D eigenvalue weighted by Crippen LogP contribution is -2.35. The van der Waals surface area contributed by atoms with Gasteiger partial charge in [-0.15, -0.1) is 0 Å². The summed E-state index contributed by atoms with van der Waals surface area (Å²) in [6, 6.07) is 4.66. The first kappa shape index (κ1) is 16.9. The first-order chi connectivity index (χ1) is 9.97. The molecule has 1 rings (SSSR count). The Bertz CT molecular complexity index is 505. The Balaban J connectivity index is 2.77. The minimum absolute atomic E-state index is 0.0479. The van der Waals surface area contributed by atoms with Gasteiger partial charge in [-0.2, -0.15) is 0 Å². The Labute approximate surface area is 123 Å². The highest BCUT2D eigenvalue weighted by Gasteiger charge is 2.17. The fourth-order valence-electron chi connectivity index (χ4n) is 1.70. The minimum atomic E-state index is -0.523. The van der Waals surface area contributed by atoms with Gasteiger partial charge >= 0.3 is 5.69 Å². The standard InChI is InChI=1S/C14H21N3O4/c1-4-10(2)16-14(18)9-21-13-7-11(8-15-3)5-6-12(13)17(19)20/h5-7,10,15H,4,8-9H2,1-3H3,(H,16,18). The molecule has 116 valence electrons. The van der Waals surface area contributed by atoms with E-state index < -0.39 is 4.92 Å². The van der Waals surface area contributed by atoms with Crippen LogP contribution in [0.1, 0.15) is 25.8 Å². The van der Waals surface area contributed by atoms with E-state index in [0.29, 0.717) is 6.54 Å². The second-order valence-electron chi connectivity index (χ2n) is 4.76. The van der Waals surface area contributed by atoms with E-state index in [4.69, 9.17) is 4.74 Å².